The number of hydrogen-bond donors (Lipinski definition) is 2. The normalized spacial score (nSPS) is 12.2. The van der Waals surface area contributed by atoms with Crippen LogP contribution in [0.1, 0.15) is 35.8 Å². The summed E-state index contributed by atoms with van der Waals surface area (Å²) in [5.41, 5.74) is 3.98. The quantitative estimate of drug-likeness (QED) is 0.416. The standard InChI is InChI=1S/C26H25NO6/c1-5-20(25(29)30)27-21(28)12-18-13(2)17-11-19-22(16-9-7-6-8-10-16)15(4)32-24(19)14(3)23(17)33-26(18)31/h6-11,20H,5,12H2,1-4H3,(H,27,28)(H,29,30). The second-order valence-corrected chi connectivity index (χ2v) is 8.19. The number of carboxylic acids is 1. The summed E-state index contributed by atoms with van der Waals surface area (Å²) in [6, 6.07) is 10.8. The van der Waals surface area contributed by atoms with E-state index in [0.29, 0.717) is 27.7 Å². The van der Waals surface area contributed by atoms with Gasteiger partial charge < -0.3 is 19.3 Å². The van der Waals surface area contributed by atoms with E-state index in [9.17, 15) is 19.5 Å². The molecule has 2 aromatic heterocycles. The fourth-order valence-electron chi connectivity index (χ4n) is 4.29. The van der Waals surface area contributed by atoms with Crippen molar-refractivity contribution in [3.05, 3.63) is 69.3 Å². The molecule has 0 spiro atoms. The van der Waals surface area contributed by atoms with Crippen molar-refractivity contribution in [2.45, 2.75) is 46.6 Å². The lowest BCUT2D eigenvalue weighted by Gasteiger charge is -2.13. The van der Waals surface area contributed by atoms with Crippen LogP contribution >= 0.6 is 0 Å². The first-order valence-electron chi connectivity index (χ1n) is 10.8. The number of carbonyl (C=O) groups excluding carboxylic acids is 1. The van der Waals surface area contributed by atoms with Gasteiger partial charge in [-0.15, -0.1) is 0 Å². The summed E-state index contributed by atoms with van der Waals surface area (Å²) in [4.78, 5) is 36.5. The molecule has 7 heteroatoms. The van der Waals surface area contributed by atoms with Crippen molar-refractivity contribution in [2.75, 3.05) is 0 Å². The molecule has 2 aromatic carbocycles. The number of amides is 1. The molecule has 0 bridgehead atoms. The number of carboxylic acid groups (broad SMARTS) is 1. The topological polar surface area (TPSA) is 110 Å². The van der Waals surface area contributed by atoms with Crippen molar-refractivity contribution < 1.29 is 23.5 Å². The predicted molar refractivity (Wildman–Crippen MR) is 125 cm³/mol. The summed E-state index contributed by atoms with van der Waals surface area (Å²) in [6.45, 7) is 7.18. The van der Waals surface area contributed by atoms with Gasteiger partial charge in [0.05, 0.1) is 12.0 Å². The van der Waals surface area contributed by atoms with Gasteiger partial charge in [0, 0.05) is 21.9 Å². The van der Waals surface area contributed by atoms with Crippen molar-refractivity contribution in [3.8, 4) is 11.1 Å². The number of rotatable bonds is 6. The summed E-state index contributed by atoms with van der Waals surface area (Å²) < 4.78 is 11.7. The van der Waals surface area contributed by atoms with E-state index < -0.39 is 23.5 Å². The lowest BCUT2D eigenvalue weighted by atomic mass is 9.96. The van der Waals surface area contributed by atoms with Gasteiger partial charge in [-0.2, -0.15) is 0 Å². The van der Waals surface area contributed by atoms with Crippen molar-refractivity contribution in [2.24, 2.45) is 0 Å². The Morgan fingerprint density at radius 2 is 1.67 bits per heavy atom. The Bertz CT molecular complexity index is 1450. The van der Waals surface area contributed by atoms with E-state index in [1.165, 1.54) is 0 Å². The Labute approximate surface area is 190 Å². The molecule has 1 amide bonds. The maximum absolute atomic E-state index is 12.8. The van der Waals surface area contributed by atoms with Gasteiger partial charge in [-0.25, -0.2) is 9.59 Å². The highest BCUT2D eigenvalue weighted by Gasteiger charge is 2.23. The monoisotopic (exact) mass is 447 g/mol. The zero-order chi connectivity index (χ0) is 23.9. The molecule has 33 heavy (non-hydrogen) atoms. The van der Waals surface area contributed by atoms with E-state index in [-0.39, 0.29) is 18.4 Å². The zero-order valence-corrected chi connectivity index (χ0v) is 18.9. The minimum Gasteiger partial charge on any atom is -0.480 e. The maximum Gasteiger partial charge on any atom is 0.340 e. The van der Waals surface area contributed by atoms with Crippen LogP contribution in [0.25, 0.3) is 33.1 Å². The number of benzene rings is 2. The molecule has 0 fully saturated rings. The molecule has 1 unspecified atom stereocenters. The Kier molecular flexibility index (Phi) is 5.80. The number of carbonyl (C=O) groups is 2. The van der Waals surface area contributed by atoms with E-state index in [1.807, 2.05) is 50.2 Å². The lowest BCUT2D eigenvalue weighted by Crippen LogP contribution is -2.41. The van der Waals surface area contributed by atoms with Gasteiger partial charge in [0.2, 0.25) is 5.91 Å². The van der Waals surface area contributed by atoms with Crippen LogP contribution < -0.4 is 10.9 Å². The van der Waals surface area contributed by atoms with Gasteiger partial charge >= 0.3 is 11.6 Å². The first-order chi connectivity index (χ1) is 15.7. The highest BCUT2D eigenvalue weighted by Crippen LogP contribution is 2.39. The fourth-order valence-corrected chi connectivity index (χ4v) is 4.29. The van der Waals surface area contributed by atoms with Crippen molar-refractivity contribution in [1.29, 1.82) is 0 Å². The molecule has 4 aromatic rings. The van der Waals surface area contributed by atoms with Crippen LogP contribution in [0.15, 0.2) is 50.0 Å². The third-order valence-electron chi connectivity index (χ3n) is 6.07. The molecule has 0 aliphatic heterocycles. The Morgan fingerprint density at radius 1 is 1.00 bits per heavy atom. The van der Waals surface area contributed by atoms with Crippen molar-refractivity contribution in [1.82, 2.24) is 5.32 Å². The highest BCUT2D eigenvalue weighted by molar-refractivity contribution is 6.06. The zero-order valence-electron chi connectivity index (χ0n) is 18.9. The van der Waals surface area contributed by atoms with Crippen LogP contribution in [0.3, 0.4) is 0 Å². The first kappa shape index (κ1) is 22.3. The fraction of sp³-hybridized carbons (Fsp3) is 0.269. The van der Waals surface area contributed by atoms with E-state index in [4.69, 9.17) is 8.83 Å². The number of nitrogens with one attached hydrogen (secondary N) is 1. The third kappa shape index (κ3) is 3.91. The van der Waals surface area contributed by atoms with E-state index in [0.717, 1.165) is 22.3 Å². The molecule has 0 saturated carbocycles. The van der Waals surface area contributed by atoms with Gasteiger partial charge in [0.25, 0.3) is 0 Å². The molecule has 0 radical (unpaired) electrons. The second-order valence-electron chi connectivity index (χ2n) is 8.19. The average molecular weight is 447 g/mol. The van der Waals surface area contributed by atoms with E-state index in [1.54, 1.807) is 13.8 Å². The molecule has 4 rings (SSSR count). The highest BCUT2D eigenvalue weighted by atomic mass is 16.4. The lowest BCUT2D eigenvalue weighted by molar-refractivity contribution is -0.141. The molecule has 7 nitrogen and oxygen atoms in total. The Balaban J connectivity index is 1.87. The van der Waals surface area contributed by atoms with Gasteiger partial charge in [-0.3, -0.25) is 4.79 Å². The summed E-state index contributed by atoms with van der Waals surface area (Å²) in [5, 5.41) is 13.3. The van der Waals surface area contributed by atoms with Gasteiger partial charge in [-0.05, 0) is 44.4 Å². The van der Waals surface area contributed by atoms with Crippen LogP contribution in [-0.2, 0) is 16.0 Å². The largest absolute Gasteiger partial charge is 0.480 e. The van der Waals surface area contributed by atoms with Crippen molar-refractivity contribution >= 4 is 33.8 Å². The predicted octanol–water partition coefficient (Wildman–Crippen LogP) is 4.65. The average Bonchev–Trinajstić information content (AvgIpc) is 3.12. The smallest absolute Gasteiger partial charge is 0.340 e. The number of furan rings is 1. The third-order valence-corrected chi connectivity index (χ3v) is 6.07. The Morgan fingerprint density at radius 3 is 2.30 bits per heavy atom. The van der Waals surface area contributed by atoms with Gasteiger partial charge in [0.15, 0.2) is 0 Å². The SMILES string of the molecule is CCC(NC(=O)Cc1c(C)c2cc3c(-c4ccccc4)c(C)oc3c(C)c2oc1=O)C(=O)O. The summed E-state index contributed by atoms with van der Waals surface area (Å²) in [7, 11) is 0. The minimum atomic E-state index is -1.12. The molecular weight excluding hydrogens is 422 g/mol. The van der Waals surface area contributed by atoms with Crippen LogP contribution in [0.2, 0.25) is 0 Å². The van der Waals surface area contributed by atoms with Crippen LogP contribution in [0.5, 0.6) is 0 Å². The number of aliphatic carboxylic acids is 1. The molecule has 0 saturated heterocycles. The first-order valence-corrected chi connectivity index (χ1v) is 10.8. The molecule has 0 aliphatic carbocycles. The number of aryl methyl sites for hydroxylation is 3. The molecule has 1 atom stereocenters. The van der Waals surface area contributed by atoms with Crippen LogP contribution in [0.4, 0.5) is 0 Å². The van der Waals surface area contributed by atoms with Crippen LogP contribution in [-0.4, -0.2) is 23.0 Å². The molecule has 170 valence electrons. The summed E-state index contributed by atoms with van der Waals surface area (Å²) in [6.07, 6.45) is -0.0212. The number of hydrogen-bond acceptors (Lipinski definition) is 5. The molecule has 2 N–H and O–H groups in total. The maximum atomic E-state index is 12.8. The summed E-state index contributed by atoms with van der Waals surface area (Å²) >= 11 is 0. The minimum absolute atomic E-state index is 0.209. The number of fused-ring (bicyclic) bond motifs is 2. The molecule has 2 heterocycles. The van der Waals surface area contributed by atoms with Crippen molar-refractivity contribution in [3.63, 3.8) is 0 Å². The molecule has 0 aliphatic rings. The van der Waals surface area contributed by atoms with Gasteiger partial charge in [0.1, 0.15) is 23.0 Å². The Hall–Kier alpha value is -3.87. The summed E-state index contributed by atoms with van der Waals surface area (Å²) in [5.74, 6) is -0.899. The van der Waals surface area contributed by atoms with E-state index >= 15 is 0 Å². The van der Waals surface area contributed by atoms with Crippen LogP contribution in [0, 0.1) is 20.8 Å². The van der Waals surface area contributed by atoms with Gasteiger partial charge in [-0.1, -0.05) is 37.3 Å². The molecular formula is C26H25NO6. The van der Waals surface area contributed by atoms with E-state index in [2.05, 4.69) is 5.32 Å². The second kappa shape index (κ2) is 8.58.